The number of hydrogen-bond donors (Lipinski definition) is 1. The summed E-state index contributed by atoms with van der Waals surface area (Å²) in [7, 11) is -1.71. The van der Waals surface area contributed by atoms with E-state index in [9.17, 15) is 8.42 Å². The van der Waals surface area contributed by atoms with Crippen LogP contribution in [0.2, 0.25) is 0 Å². The lowest BCUT2D eigenvalue weighted by atomic mass is 10.2. The zero-order valence-corrected chi connectivity index (χ0v) is 13.0. The van der Waals surface area contributed by atoms with Gasteiger partial charge in [0, 0.05) is 32.2 Å². The van der Waals surface area contributed by atoms with Gasteiger partial charge in [0.25, 0.3) is 0 Å². The van der Waals surface area contributed by atoms with Crippen molar-refractivity contribution in [2.24, 2.45) is 7.05 Å². The Labute approximate surface area is 114 Å². The number of aromatic nitrogens is 2. The van der Waals surface area contributed by atoms with Gasteiger partial charge in [-0.25, -0.2) is 8.42 Å². The first-order valence-electron chi connectivity index (χ1n) is 6.50. The smallest absolute Gasteiger partial charge is 0.247 e. The van der Waals surface area contributed by atoms with E-state index in [2.05, 4.69) is 10.4 Å². The average Bonchev–Trinajstić information content (AvgIpc) is 2.56. The van der Waals surface area contributed by atoms with E-state index in [-0.39, 0.29) is 12.1 Å². The Morgan fingerprint density at radius 1 is 1.32 bits per heavy atom. The molecule has 2 rings (SSSR count). The summed E-state index contributed by atoms with van der Waals surface area (Å²) in [5.41, 5.74) is 1.26. The van der Waals surface area contributed by atoms with Crippen molar-refractivity contribution in [1.82, 2.24) is 19.4 Å². The Hall–Kier alpha value is -0.920. The minimum absolute atomic E-state index is 0.0415. The maximum absolute atomic E-state index is 12.8. The van der Waals surface area contributed by atoms with Crippen molar-refractivity contribution in [2.75, 3.05) is 13.1 Å². The molecule has 2 heterocycles. The molecule has 0 spiro atoms. The van der Waals surface area contributed by atoms with Crippen LogP contribution >= 0.6 is 0 Å². The van der Waals surface area contributed by atoms with E-state index in [1.807, 2.05) is 13.8 Å². The van der Waals surface area contributed by atoms with Crippen LogP contribution in [0.15, 0.2) is 4.90 Å². The van der Waals surface area contributed by atoms with Gasteiger partial charge in [0.05, 0.1) is 11.4 Å². The molecule has 0 aromatic carbocycles. The van der Waals surface area contributed by atoms with E-state index in [1.54, 1.807) is 29.9 Å². The van der Waals surface area contributed by atoms with Gasteiger partial charge in [0.1, 0.15) is 4.90 Å². The predicted molar refractivity (Wildman–Crippen MR) is 73.5 cm³/mol. The molecule has 0 radical (unpaired) electrons. The van der Waals surface area contributed by atoms with Gasteiger partial charge in [-0.3, -0.25) is 4.68 Å². The van der Waals surface area contributed by atoms with E-state index in [0.717, 1.165) is 0 Å². The summed E-state index contributed by atoms with van der Waals surface area (Å²) in [6.07, 6.45) is 0. The standard InChI is InChI=1S/C12H22N4O2S/c1-8-7-16(9(2)6-13-8)19(17,18)12-10(3)14-15(5)11(12)4/h8-9,13H,6-7H2,1-5H3. The second kappa shape index (κ2) is 4.88. The quantitative estimate of drug-likeness (QED) is 0.855. The highest BCUT2D eigenvalue weighted by atomic mass is 32.2. The van der Waals surface area contributed by atoms with Gasteiger partial charge in [0.15, 0.2) is 0 Å². The molecule has 7 heteroatoms. The van der Waals surface area contributed by atoms with Gasteiger partial charge in [-0.15, -0.1) is 0 Å². The Balaban J connectivity index is 2.47. The normalized spacial score (nSPS) is 25.7. The number of nitrogens with zero attached hydrogens (tertiary/aromatic N) is 3. The molecule has 1 aliphatic heterocycles. The minimum Gasteiger partial charge on any atom is -0.311 e. The van der Waals surface area contributed by atoms with Crippen LogP contribution in [0.1, 0.15) is 25.2 Å². The van der Waals surface area contributed by atoms with Gasteiger partial charge in [-0.1, -0.05) is 0 Å². The largest absolute Gasteiger partial charge is 0.311 e. The SMILES string of the molecule is Cc1nn(C)c(C)c1S(=O)(=O)N1CC(C)NCC1C. The van der Waals surface area contributed by atoms with Crippen molar-refractivity contribution in [3.63, 3.8) is 0 Å². The lowest BCUT2D eigenvalue weighted by molar-refractivity contribution is 0.244. The number of rotatable bonds is 2. The number of piperazine rings is 1. The zero-order valence-electron chi connectivity index (χ0n) is 12.1. The molecule has 1 fully saturated rings. The molecule has 1 N–H and O–H groups in total. The summed E-state index contributed by atoms with van der Waals surface area (Å²) in [6.45, 7) is 8.64. The third-order valence-corrected chi connectivity index (χ3v) is 5.95. The van der Waals surface area contributed by atoms with Crippen molar-refractivity contribution in [3.8, 4) is 0 Å². The second-order valence-electron chi connectivity index (χ2n) is 5.36. The maximum atomic E-state index is 12.8. The first-order valence-corrected chi connectivity index (χ1v) is 7.94. The Morgan fingerprint density at radius 2 is 1.95 bits per heavy atom. The van der Waals surface area contributed by atoms with Crippen LogP contribution in [0.5, 0.6) is 0 Å². The van der Waals surface area contributed by atoms with Crippen LogP contribution in [0.3, 0.4) is 0 Å². The first kappa shape index (κ1) is 14.5. The molecular weight excluding hydrogens is 264 g/mol. The monoisotopic (exact) mass is 286 g/mol. The molecule has 19 heavy (non-hydrogen) atoms. The first-order chi connectivity index (χ1) is 8.75. The third kappa shape index (κ3) is 2.42. The summed E-state index contributed by atoms with van der Waals surface area (Å²) in [5.74, 6) is 0. The lowest BCUT2D eigenvalue weighted by Crippen LogP contribution is -2.56. The summed E-state index contributed by atoms with van der Waals surface area (Å²) in [5, 5.41) is 7.50. The number of aryl methyl sites for hydroxylation is 2. The molecule has 1 aromatic rings. The summed E-state index contributed by atoms with van der Waals surface area (Å²) >= 11 is 0. The van der Waals surface area contributed by atoms with E-state index < -0.39 is 10.0 Å². The van der Waals surface area contributed by atoms with Crippen molar-refractivity contribution in [3.05, 3.63) is 11.4 Å². The molecule has 0 bridgehead atoms. The Bertz CT molecular complexity index is 579. The topological polar surface area (TPSA) is 67.2 Å². The highest BCUT2D eigenvalue weighted by Crippen LogP contribution is 2.25. The number of hydrogen-bond acceptors (Lipinski definition) is 4. The van der Waals surface area contributed by atoms with E-state index in [4.69, 9.17) is 0 Å². The van der Waals surface area contributed by atoms with Gasteiger partial charge < -0.3 is 5.32 Å². The fourth-order valence-corrected chi connectivity index (χ4v) is 4.69. The molecule has 1 aliphatic rings. The molecule has 0 saturated carbocycles. The molecule has 6 nitrogen and oxygen atoms in total. The highest BCUT2D eigenvalue weighted by Gasteiger charge is 2.36. The van der Waals surface area contributed by atoms with Crippen LogP contribution in [-0.4, -0.2) is 47.7 Å². The molecule has 1 saturated heterocycles. The maximum Gasteiger partial charge on any atom is 0.247 e. The van der Waals surface area contributed by atoms with Crippen molar-refractivity contribution >= 4 is 10.0 Å². The Morgan fingerprint density at radius 3 is 2.47 bits per heavy atom. The second-order valence-corrected chi connectivity index (χ2v) is 7.18. The van der Waals surface area contributed by atoms with Crippen molar-refractivity contribution < 1.29 is 8.42 Å². The molecule has 2 atom stereocenters. The van der Waals surface area contributed by atoms with E-state index >= 15 is 0 Å². The molecule has 2 unspecified atom stereocenters. The summed E-state index contributed by atoms with van der Waals surface area (Å²) < 4.78 is 28.9. The van der Waals surface area contributed by atoms with Gasteiger partial charge in [0.2, 0.25) is 10.0 Å². The highest BCUT2D eigenvalue weighted by molar-refractivity contribution is 7.89. The molecular formula is C12H22N4O2S. The van der Waals surface area contributed by atoms with Crippen molar-refractivity contribution in [1.29, 1.82) is 0 Å². The lowest BCUT2D eigenvalue weighted by Gasteiger charge is -2.36. The van der Waals surface area contributed by atoms with Gasteiger partial charge >= 0.3 is 0 Å². The van der Waals surface area contributed by atoms with E-state index in [1.165, 1.54) is 0 Å². The van der Waals surface area contributed by atoms with Gasteiger partial charge in [-0.05, 0) is 27.7 Å². The third-order valence-electron chi connectivity index (χ3n) is 3.72. The average molecular weight is 286 g/mol. The van der Waals surface area contributed by atoms with Crippen LogP contribution in [0.4, 0.5) is 0 Å². The van der Waals surface area contributed by atoms with Crippen LogP contribution in [0, 0.1) is 13.8 Å². The van der Waals surface area contributed by atoms with Crippen LogP contribution in [-0.2, 0) is 17.1 Å². The summed E-state index contributed by atoms with van der Waals surface area (Å²) in [4.78, 5) is 0.357. The fourth-order valence-electron chi connectivity index (χ4n) is 2.57. The molecule has 0 amide bonds. The molecule has 0 aliphatic carbocycles. The van der Waals surface area contributed by atoms with Crippen LogP contribution in [0.25, 0.3) is 0 Å². The number of nitrogens with one attached hydrogen (secondary N) is 1. The number of sulfonamides is 1. The molecule has 108 valence electrons. The van der Waals surface area contributed by atoms with Crippen LogP contribution < -0.4 is 5.32 Å². The predicted octanol–water partition coefficient (Wildman–Crippen LogP) is 0.408. The van der Waals surface area contributed by atoms with Crippen molar-refractivity contribution in [2.45, 2.75) is 44.7 Å². The minimum atomic E-state index is -3.47. The van der Waals surface area contributed by atoms with Gasteiger partial charge in [-0.2, -0.15) is 9.40 Å². The fraction of sp³-hybridized carbons (Fsp3) is 0.750. The summed E-state index contributed by atoms with van der Waals surface area (Å²) in [6, 6.07) is 0.128. The zero-order chi connectivity index (χ0) is 14.4. The van der Waals surface area contributed by atoms with E-state index in [0.29, 0.717) is 29.4 Å². The Kier molecular flexibility index (Phi) is 3.72. The molecule has 1 aromatic heterocycles.